The van der Waals surface area contributed by atoms with Gasteiger partial charge in [-0.2, -0.15) is 11.8 Å². The molecule has 2 aliphatic rings. The fraction of sp³-hybridized carbons (Fsp3) is 0.444. The van der Waals surface area contributed by atoms with Crippen LogP contribution in [0.3, 0.4) is 0 Å². The number of methoxy groups -OCH3 is 1. The Morgan fingerprint density at radius 2 is 1.79 bits per heavy atom. The number of hydrogen-bond donors (Lipinski definition) is 3. The van der Waals surface area contributed by atoms with Crippen LogP contribution in [0, 0.1) is 6.92 Å². The molecule has 0 spiro atoms. The first kappa shape index (κ1) is 36.7. The second-order valence-electron chi connectivity index (χ2n) is 12.0. The van der Waals surface area contributed by atoms with Gasteiger partial charge in [-0.05, 0) is 76.0 Å². The number of nitrogens with one attached hydrogen (secondary N) is 1. The zero-order valence-electron chi connectivity index (χ0n) is 27.2. The average Bonchev–Trinajstić information content (AvgIpc) is 3.05. The summed E-state index contributed by atoms with van der Waals surface area (Å²) in [5.74, 6) is -1.50. The van der Waals surface area contributed by atoms with Crippen LogP contribution in [0.15, 0.2) is 54.1 Å². The zero-order valence-corrected chi connectivity index (χ0v) is 29.7. The van der Waals surface area contributed by atoms with Crippen LogP contribution < -0.4 is 5.32 Å². The van der Waals surface area contributed by atoms with E-state index in [4.69, 9.17) is 4.74 Å². The number of aromatic hydroxyl groups is 2. The molecule has 0 saturated carbocycles. The summed E-state index contributed by atoms with van der Waals surface area (Å²) in [6.07, 6.45) is 8.58. The van der Waals surface area contributed by atoms with Gasteiger partial charge in [-0.25, -0.2) is 4.79 Å². The van der Waals surface area contributed by atoms with E-state index in [0.29, 0.717) is 22.7 Å². The molecule has 0 radical (unpaired) electrons. The number of carbonyl (C=O) groups is 4. The van der Waals surface area contributed by atoms with Crippen LogP contribution in [-0.4, -0.2) is 63.6 Å². The number of esters is 1. The summed E-state index contributed by atoms with van der Waals surface area (Å²) in [5.41, 5.74) is 3.43. The largest absolute Gasteiger partial charge is 0.507 e. The summed E-state index contributed by atoms with van der Waals surface area (Å²) in [6, 6.07) is 9.11. The Bertz CT molecular complexity index is 1530. The highest BCUT2D eigenvalue weighted by Crippen LogP contribution is 2.48. The van der Waals surface area contributed by atoms with Crippen molar-refractivity contribution >= 4 is 58.7 Å². The summed E-state index contributed by atoms with van der Waals surface area (Å²) >= 11 is 5.28. The van der Waals surface area contributed by atoms with Crippen LogP contribution in [0.4, 0.5) is 0 Å². The minimum atomic E-state index is -0.938. The maximum absolute atomic E-state index is 13.0. The number of amides is 1. The molecule has 2 aromatic rings. The molecule has 1 unspecified atom stereocenters. The van der Waals surface area contributed by atoms with Gasteiger partial charge in [0.1, 0.15) is 17.5 Å². The van der Waals surface area contributed by atoms with Gasteiger partial charge in [-0.15, -0.1) is 23.5 Å². The molecule has 1 aliphatic heterocycles. The van der Waals surface area contributed by atoms with E-state index >= 15 is 0 Å². The van der Waals surface area contributed by atoms with E-state index < -0.39 is 34.6 Å². The molecule has 3 N–H and O–H groups in total. The smallest absolute Gasteiger partial charge is 0.329 e. The fourth-order valence-electron chi connectivity index (χ4n) is 5.51. The van der Waals surface area contributed by atoms with Crippen molar-refractivity contribution in [2.45, 2.75) is 80.4 Å². The lowest BCUT2D eigenvalue weighted by atomic mass is 9.89. The van der Waals surface area contributed by atoms with Crippen LogP contribution in [0.2, 0.25) is 0 Å². The number of ketones is 2. The molecule has 1 aliphatic carbocycles. The van der Waals surface area contributed by atoms with Crippen molar-refractivity contribution in [1.82, 2.24) is 5.32 Å². The van der Waals surface area contributed by atoms with Crippen molar-refractivity contribution in [2.24, 2.45) is 0 Å². The lowest BCUT2D eigenvalue weighted by molar-refractivity contribution is -0.144. The molecule has 0 bridgehead atoms. The number of ether oxygens (including phenoxy) is 1. The number of benzene rings is 2. The molecule has 11 heteroatoms. The van der Waals surface area contributed by atoms with Gasteiger partial charge in [0.05, 0.1) is 22.8 Å². The quantitative estimate of drug-likeness (QED) is 0.0784. The minimum Gasteiger partial charge on any atom is -0.507 e. The molecule has 1 amide bonds. The molecule has 4 atom stereocenters. The Kier molecular flexibility index (Phi) is 13.5. The third kappa shape index (κ3) is 9.93. The van der Waals surface area contributed by atoms with Crippen LogP contribution in [0.5, 0.6) is 11.5 Å². The van der Waals surface area contributed by atoms with E-state index in [1.54, 1.807) is 0 Å². The number of unbranched alkanes of at least 4 members (excludes halogenated alkanes) is 1. The molecule has 252 valence electrons. The zero-order chi connectivity index (χ0) is 34.1. The predicted molar refractivity (Wildman–Crippen MR) is 192 cm³/mol. The monoisotopic (exact) mass is 697 g/mol. The number of rotatable bonds is 14. The number of aryl methyl sites for hydroxylation is 1. The van der Waals surface area contributed by atoms with Crippen molar-refractivity contribution in [2.75, 3.05) is 18.6 Å². The van der Waals surface area contributed by atoms with Gasteiger partial charge in [0.25, 0.3) is 0 Å². The first-order chi connectivity index (χ1) is 22.5. The summed E-state index contributed by atoms with van der Waals surface area (Å²) in [5, 5.41) is 24.7. The van der Waals surface area contributed by atoms with Gasteiger partial charge in [-0.3, -0.25) is 14.4 Å². The van der Waals surface area contributed by atoms with Gasteiger partial charge < -0.3 is 20.3 Å². The van der Waals surface area contributed by atoms with E-state index in [9.17, 15) is 29.4 Å². The molecule has 1 heterocycles. The van der Waals surface area contributed by atoms with E-state index in [0.717, 1.165) is 42.7 Å². The minimum absolute atomic E-state index is 0.126. The highest BCUT2D eigenvalue weighted by Gasteiger charge is 2.32. The Morgan fingerprint density at radius 3 is 2.47 bits per heavy atom. The van der Waals surface area contributed by atoms with Crippen LogP contribution >= 0.6 is 35.3 Å². The Balaban J connectivity index is 1.35. The fourth-order valence-corrected chi connectivity index (χ4v) is 10.2. The maximum atomic E-state index is 13.0. The summed E-state index contributed by atoms with van der Waals surface area (Å²) in [7, 11) is 1.26. The normalized spacial score (nSPS) is 18.6. The van der Waals surface area contributed by atoms with Crippen LogP contribution in [-0.2, 0) is 14.3 Å². The van der Waals surface area contributed by atoms with Crippen molar-refractivity contribution < 1.29 is 34.1 Å². The topological polar surface area (TPSA) is 130 Å². The Labute approximate surface area is 289 Å². The number of phenolic OH excluding ortho intramolecular Hbond substituents is 2. The molecule has 8 nitrogen and oxygen atoms in total. The standard InChI is InChI=1S/C36H43NO7S3/c1-21(2)9-16-30(25-19-29(40)32-27(38)14-15-28(39)33(32)34(25)42)46-20-26(35(43)44-4)37-31(41)8-6-5-7-24-17-18-45-36(47-24)23-12-10-22(3)11-13-23/h9-15,19,24,26,30,36,40,42H,5-8,16-18,20H2,1-4H3,(H,37,41)/t24-,26+,30-,36?/m1/s1. The molecular formula is C36H43NO7S3. The molecule has 4 rings (SSSR count). The summed E-state index contributed by atoms with van der Waals surface area (Å²) in [6.45, 7) is 5.94. The van der Waals surface area contributed by atoms with E-state index in [1.807, 2.05) is 43.4 Å². The average molecular weight is 698 g/mol. The second kappa shape index (κ2) is 17.3. The first-order valence-electron chi connectivity index (χ1n) is 15.8. The summed E-state index contributed by atoms with van der Waals surface area (Å²) in [4.78, 5) is 50.6. The number of fused-ring (bicyclic) bond motifs is 1. The lowest BCUT2D eigenvalue weighted by Crippen LogP contribution is -2.43. The first-order valence-corrected chi connectivity index (χ1v) is 18.8. The number of thioether (sulfide) groups is 3. The Hall–Kier alpha value is -3.15. The number of phenols is 2. The SMILES string of the molecule is COC(=O)[C@H](CS[C@H](CC=C(C)C)c1cc(O)c2c(c1O)C(=O)C=CC2=O)NC(=O)CCCC[C@@H]1CCSC(c2ccc(C)cc2)S1. The van der Waals surface area contributed by atoms with Gasteiger partial charge in [0.2, 0.25) is 5.91 Å². The second-order valence-corrected chi connectivity index (χ2v) is 16.2. The molecule has 1 saturated heterocycles. The summed E-state index contributed by atoms with van der Waals surface area (Å²) < 4.78 is 5.42. The number of hydrogen-bond acceptors (Lipinski definition) is 10. The predicted octanol–water partition coefficient (Wildman–Crippen LogP) is 7.63. The van der Waals surface area contributed by atoms with E-state index in [1.165, 1.54) is 36.1 Å². The molecular weight excluding hydrogens is 655 g/mol. The van der Waals surface area contributed by atoms with Gasteiger partial charge in [0.15, 0.2) is 11.6 Å². The molecule has 47 heavy (non-hydrogen) atoms. The lowest BCUT2D eigenvalue weighted by Gasteiger charge is -2.28. The molecule has 2 aromatic carbocycles. The van der Waals surface area contributed by atoms with Gasteiger partial charge >= 0.3 is 5.97 Å². The van der Waals surface area contributed by atoms with E-state index in [-0.39, 0.29) is 40.5 Å². The van der Waals surface area contributed by atoms with Crippen molar-refractivity contribution in [3.05, 3.63) is 82.0 Å². The van der Waals surface area contributed by atoms with Crippen LogP contribution in [0.1, 0.15) is 99.6 Å². The highest BCUT2D eigenvalue weighted by molar-refractivity contribution is 8.17. The molecule has 1 fully saturated rings. The maximum Gasteiger partial charge on any atom is 0.329 e. The highest BCUT2D eigenvalue weighted by atomic mass is 32.2. The van der Waals surface area contributed by atoms with Crippen molar-refractivity contribution in [3.63, 3.8) is 0 Å². The van der Waals surface area contributed by atoms with Gasteiger partial charge in [0, 0.05) is 28.2 Å². The van der Waals surface area contributed by atoms with Crippen LogP contribution in [0.25, 0.3) is 0 Å². The van der Waals surface area contributed by atoms with Crippen molar-refractivity contribution in [3.8, 4) is 11.5 Å². The third-order valence-corrected chi connectivity index (χ3v) is 12.7. The number of allylic oxidation sites excluding steroid dienone is 4. The Morgan fingerprint density at radius 1 is 1.09 bits per heavy atom. The van der Waals surface area contributed by atoms with Gasteiger partial charge in [-0.1, -0.05) is 47.9 Å². The van der Waals surface area contributed by atoms with Crippen molar-refractivity contribution in [1.29, 1.82) is 0 Å². The number of carbonyl (C=O) groups excluding carboxylic acids is 4. The third-order valence-electron chi connectivity index (χ3n) is 8.11. The van der Waals surface area contributed by atoms with E-state index in [2.05, 4.69) is 36.5 Å². The molecule has 0 aromatic heterocycles.